The number of likely N-dealkylation sites (N-methyl/N-ethyl adjacent to an activating group) is 1. The van der Waals surface area contributed by atoms with Crippen LogP contribution in [0.25, 0.3) is 0 Å². The number of methoxy groups -OCH3 is 1. The molecule has 1 aliphatic rings. The molecule has 0 saturated heterocycles. The summed E-state index contributed by atoms with van der Waals surface area (Å²) in [6, 6.07) is 16.4. The van der Waals surface area contributed by atoms with Gasteiger partial charge in [-0.3, -0.25) is 9.69 Å². The van der Waals surface area contributed by atoms with E-state index in [9.17, 15) is 4.79 Å². The molecule has 26 heavy (non-hydrogen) atoms. The van der Waals surface area contributed by atoms with Gasteiger partial charge in [0, 0.05) is 6.54 Å². The number of benzene rings is 2. The Labute approximate surface area is 156 Å². The minimum Gasteiger partial charge on any atom is -0.497 e. The molecule has 0 spiro atoms. The summed E-state index contributed by atoms with van der Waals surface area (Å²) in [6.07, 6.45) is 3.24. The zero-order valence-corrected chi connectivity index (χ0v) is 15.9. The first kappa shape index (κ1) is 18.5. The minimum atomic E-state index is -0.189. The molecule has 2 aromatic carbocycles. The van der Waals surface area contributed by atoms with E-state index in [-0.39, 0.29) is 18.0 Å². The van der Waals surface area contributed by atoms with E-state index < -0.39 is 0 Å². The summed E-state index contributed by atoms with van der Waals surface area (Å²) in [7, 11) is 3.65. The molecule has 2 aromatic rings. The van der Waals surface area contributed by atoms with Gasteiger partial charge in [-0.15, -0.1) is 0 Å². The predicted molar refractivity (Wildman–Crippen MR) is 104 cm³/mol. The van der Waals surface area contributed by atoms with Gasteiger partial charge in [0.1, 0.15) is 5.75 Å². The molecule has 0 bridgehead atoms. The Kier molecular flexibility index (Phi) is 5.94. The van der Waals surface area contributed by atoms with E-state index >= 15 is 0 Å². The highest BCUT2D eigenvalue weighted by Gasteiger charge is 2.25. The fourth-order valence-electron chi connectivity index (χ4n) is 3.55. The second-order valence-corrected chi connectivity index (χ2v) is 7.09. The van der Waals surface area contributed by atoms with E-state index in [0.29, 0.717) is 0 Å². The standard InChI is InChI=1S/C22H28N2O2/c1-16(24(2)15-17-11-13-19(26-3)14-12-17)22(25)23-21-10-6-8-18-7-4-5-9-20(18)21/h4-5,7,9,11-14,16,21H,6,8,10,15H2,1-3H3,(H,23,25)/t16-,21-/m0/s1. The summed E-state index contributed by atoms with van der Waals surface area (Å²) in [5.74, 6) is 0.931. The van der Waals surface area contributed by atoms with Crippen molar-refractivity contribution in [1.29, 1.82) is 0 Å². The molecule has 1 N–H and O–H groups in total. The number of rotatable bonds is 6. The maximum Gasteiger partial charge on any atom is 0.237 e. The molecule has 0 aromatic heterocycles. The first-order valence-electron chi connectivity index (χ1n) is 9.30. The first-order chi connectivity index (χ1) is 12.6. The molecule has 4 nitrogen and oxygen atoms in total. The highest BCUT2D eigenvalue weighted by Crippen LogP contribution is 2.29. The maximum absolute atomic E-state index is 12.8. The van der Waals surface area contributed by atoms with Crippen molar-refractivity contribution in [3.05, 3.63) is 65.2 Å². The molecule has 0 fully saturated rings. The van der Waals surface area contributed by atoms with Crippen LogP contribution in [0.4, 0.5) is 0 Å². The number of hydrogen-bond donors (Lipinski definition) is 1. The number of fused-ring (bicyclic) bond motifs is 1. The molecule has 2 atom stereocenters. The van der Waals surface area contributed by atoms with Crippen molar-refractivity contribution >= 4 is 5.91 Å². The van der Waals surface area contributed by atoms with E-state index in [1.807, 2.05) is 38.2 Å². The van der Waals surface area contributed by atoms with Crippen LogP contribution in [0.1, 0.15) is 42.5 Å². The lowest BCUT2D eigenvalue weighted by Gasteiger charge is -2.30. The first-order valence-corrected chi connectivity index (χ1v) is 9.30. The van der Waals surface area contributed by atoms with E-state index in [4.69, 9.17) is 4.74 Å². The second kappa shape index (κ2) is 8.37. The summed E-state index contributed by atoms with van der Waals surface area (Å²) >= 11 is 0. The summed E-state index contributed by atoms with van der Waals surface area (Å²) in [5, 5.41) is 3.26. The quantitative estimate of drug-likeness (QED) is 0.862. The van der Waals surface area contributed by atoms with Gasteiger partial charge >= 0.3 is 0 Å². The van der Waals surface area contributed by atoms with Crippen LogP contribution in [-0.2, 0) is 17.8 Å². The van der Waals surface area contributed by atoms with Gasteiger partial charge in [-0.25, -0.2) is 0 Å². The van der Waals surface area contributed by atoms with Gasteiger partial charge in [0.15, 0.2) is 0 Å². The normalized spacial score (nSPS) is 17.5. The van der Waals surface area contributed by atoms with Gasteiger partial charge in [0.05, 0.1) is 19.2 Å². The Morgan fingerprint density at radius 1 is 1.23 bits per heavy atom. The average molecular weight is 352 g/mol. The van der Waals surface area contributed by atoms with Crippen LogP contribution in [-0.4, -0.2) is 31.0 Å². The predicted octanol–water partition coefficient (Wildman–Crippen LogP) is 3.71. The number of nitrogens with one attached hydrogen (secondary N) is 1. The third-order valence-electron chi connectivity index (χ3n) is 5.32. The van der Waals surface area contributed by atoms with Gasteiger partial charge in [-0.2, -0.15) is 0 Å². The molecule has 0 saturated carbocycles. The number of aryl methyl sites for hydroxylation is 1. The average Bonchev–Trinajstić information content (AvgIpc) is 2.68. The molecule has 1 aliphatic carbocycles. The monoisotopic (exact) mass is 352 g/mol. The van der Waals surface area contributed by atoms with E-state index in [2.05, 4.69) is 34.5 Å². The van der Waals surface area contributed by atoms with Crippen LogP contribution in [0.2, 0.25) is 0 Å². The third-order valence-corrected chi connectivity index (χ3v) is 5.32. The minimum absolute atomic E-state index is 0.0858. The summed E-state index contributed by atoms with van der Waals surface area (Å²) in [6.45, 7) is 2.69. The van der Waals surface area contributed by atoms with Crippen molar-refractivity contribution in [1.82, 2.24) is 10.2 Å². The van der Waals surface area contributed by atoms with Crippen LogP contribution >= 0.6 is 0 Å². The Morgan fingerprint density at radius 2 is 1.96 bits per heavy atom. The van der Waals surface area contributed by atoms with Gasteiger partial charge in [0.2, 0.25) is 5.91 Å². The fourth-order valence-corrected chi connectivity index (χ4v) is 3.55. The van der Waals surface area contributed by atoms with Crippen molar-refractivity contribution in [2.24, 2.45) is 0 Å². The molecule has 4 heteroatoms. The molecule has 0 unspecified atom stereocenters. The topological polar surface area (TPSA) is 41.6 Å². The number of amides is 1. The van der Waals surface area contributed by atoms with Gasteiger partial charge in [0.25, 0.3) is 0 Å². The number of hydrogen-bond acceptors (Lipinski definition) is 3. The van der Waals surface area contributed by atoms with Crippen molar-refractivity contribution in [2.75, 3.05) is 14.2 Å². The molecule has 3 rings (SSSR count). The molecule has 0 radical (unpaired) electrons. The van der Waals surface area contributed by atoms with Crippen LogP contribution in [0.3, 0.4) is 0 Å². The van der Waals surface area contributed by atoms with Gasteiger partial charge < -0.3 is 10.1 Å². The van der Waals surface area contributed by atoms with Crippen molar-refractivity contribution in [3.8, 4) is 5.75 Å². The molecular weight excluding hydrogens is 324 g/mol. The van der Waals surface area contributed by atoms with Gasteiger partial charge in [-0.05, 0) is 62.1 Å². The Morgan fingerprint density at radius 3 is 2.69 bits per heavy atom. The van der Waals surface area contributed by atoms with Crippen LogP contribution in [0, 0.1) is 0 Å². The Bertz CT molecular complexity index is 742. The Balaban J connectivity index is 1.60. The van der Waals surface area contributed by atoms with Crippen molar-refractivity contribution in [2.45, 2.75) is 44.8 Å². The smallest absolute Gasteiger partial charge is 0.237 e. The lowest BCUT2D eigenvalue weighted by molar-refractivity contribution is -0.126. The lowest BCUT2D eigenvalue weighted by Crippen LogP contribution is -2.44. The zero-order valence-electron chi connectivity index (χ0n) is 15.9. The van der Waals surface area contributed by atoms with E-state index in [1.54, 1.807) is 7.11 Å². The maximum atomic E-state index is 12.8. The second-order valence-electron chi connectivity index (χ2n) is 7.09. The molecule has 0 aliphatic heterocycles. The van der Waals surface area contributed by atoms with E-state index in [1.165, 1.54) is 11.1 Å². The number of carbonyl (C=O) groups excluding carboxylic acids is 1. The number of ether oxygens (including phenoxy) is 1. The van der Waals surface area contributed by atoms with Crippen LogP contribution < -0.4 is 10.1 Å². The zero-order chi connectivity index (χ0) is 18.5. The van der Waals surface area contributed by atoms with Gasteiger partial charge in [-0.1, -0.05) is 36.4 Å². The largest absolute Gasteiger partial charge is 0.497 e. The summed E-state index contributed by atoms with van der Waals surface area (Å²) < 4.78 is 5.20. The van der Waals surface area contributed by atoms with E-state index in [0.717, 1.165) is 37.1 Å². The highest BCUT2D eigenvalue weighted by atomic mass is 16.5. The molecule has 1 amide bonds. The highest BCUT2D eigenvalue weighted by molar-refractivity contribution is 5.81. The van der Waals surface area contributed by atoms with Crippen molar-refractivity contribution < 1.29 is 9.53 Å². The summed E-state index contributed by atoms with van der Waals surface area (Å²) in [4.78, 5) is 14.9. The fraction of sp³-hybridized carbons (Fsp3) is 0.409. The lowest BCUT2D eigenvalue weighted by atomic mass is 9.87. The third kappa shape index (κ3) is 4.25. The summed E-state index contributed by atoms with van der Waals surface area (Å²) in [5.41, 5.74) is 3.80. The Hall–Kier alpha value is -2.33. The SMILES string of the molecule is COc1ccc(CN(C)[C@@H](C)C(=O)N[C@H]2CCCc3ccccc32)cc1. The van der Waals surface area contributed by atoms with Crippen molar-refractivity contribution in [3.63, 3.8) is 0 Å². The number of nitrogens with zero attached hydrogens (tertiary/aromatic N) is 1. The molecular formula is C22H28N2O2. The van der Waals surface area contributed by atoms with Crippen LogP contribution in [0.15, 0.2) is 48.5 Å². The molecule has 0 heterocycles. The van der Waals surface area contributed by atoms with Crippen LogP contribution in [0.5, 0.6) is 5.75 Å². The molecule has 138 valence electrons. The number of carbonyl (C=O) groups is 1.